The highest BCUT2D eigenvalue weighted by atomic mass is 16.1. The Hall–Kier alpha value is -1.11. The van der Waals surface area contributed by atoms with E-state index in [4.69, 9.17) is 0 Å². The number of hydrogen-bond acceptors (Lipinski definition) is 1. The van der Waals surface area contributed by atoms with E-state index in [1.54, 1.807) is 6.92 Å². The van der Waals surface area contributed by atoms with Gasteiger partial charge in [0.15, 0.2) is 0 Å². The minimum absolute atomic E-state index is 0.164. The summed E-state index contributed by atoms with van der Waals surface area (Å²) in [4.78, 5) is 11.4. The molecule has 1 rings (SSSR count). The second-order valence-electron chi connectivity index (χ2n) is 4.15. The highest BCUT2D eigenvalue weighted by Gasteiger charge is 2.18. The molecule has 0 spiro atoms. The van der Waals surface area contributed by atoms with Gasteiger partial charge in [-0.05, 0) is 24.8 Å². The van der Waals surface area contributed by atoms with E-state index in [0.29, 0.717) is 11.7 Å². The van der Waals surface area contributed by atoms with E-state index in [0.717, 1.165) is 6.42 Å². The van der Waals surface area contributed by atoms with Crippen molar-refractivity contribution in [3.63, 3.8) is 0 Å². The van der Waals surface area contributed by atoms with E-state index in [9.17, 15) is 4.79 Å². The second kappa shape index (κ2) is 4.94. The van der Waals surface area contributed by atoms with Gasteiger partial charge >= 0.3 is 0 Å². The monoisotopic (exact) mass is 190 g/mol. The van der Waals surface area contributed by atoms with Crippen LogP contribution in [0.15, 0.2) is 30.3 Å². The van der Waals surface area contributed by atoms with E-state index in [2.05, 4.69) is 26.0 Å². The average Bonchev–Trinajstić information content (AvgIpc) is 2.15. The van der Waals surface area contributed by atoms with Crippen molar-refractivity contribution in [1.82, 2.24) is 0 Å². The lowest BCUT2D eigenvalue weighted by Crippen LogP contribution is -2.20. The van der Waals surface area contributed by atoms with Crippen molar-refractivity contribution in [3.05, 3.63) is 35.9 Å². The first kappa shape index (κ1) is 11.0. The Morgan fingerprint density at radius 1 is 1.21 bits per heavy atom. The smallest absolute Gasteiger partial charge is 0.133 e. The van der Waals surface area contributed by atoms with Crippen molar-refractivity contribution >= 4 is 5.78 Å². The Morgan fingerprint density at radius 3 is 2.21 bits per heavy atom. The number of ketones is 1. The number of Topliss-reactive ketones (excluding diaryl/α,β-unsaturated/α-hetero) is 1. The standard InChI is InChI=1S/C13H18O/c1-10(2)13(11(3)14)9-12-7-5-4-6-8-12/h4-8,10,13H,9H2,1-3H3/t13-/m0/s1. The summed E-state index contributed by atoms with van der Waals surface area (Å²) in [5, 5.41) is 0. The van der Waals surface area contributed by atoms with Gasteiger partial charge in [-0.3, -0.25) is 4.79 Å². The lowest BCUT2D eigenvalue weighted by atomic mass is 9.86. The molecular weight excluding hydrogens is 172 g/mol. The fraction of sp³-hybridized carbons (Fsp3) is 0.462. The molecular formula is C13H18O. The third-order valence-electron chi connectivity index (χ3n) is 2.63. The molecule has 0 saturated heterocycles. The molecule has 0 radical (unpaired) electrons. The van der Waals surface area contributed by atoms with Crippen molar-refractivity contribution in [3.8, 4) is 0 Å². The van der Waals surface area contributed by atoms with Crippen molar-refractivity contribution in [2.75, 3.05) is 0 Å². The van der Waals surface area contributed by atoms with Crippen LogP contribution in [0.5, 0.6) is 0 Å². The predicted octanol–water partition coefficient (Wildman–Crippen LogP) is 3.09. The highest BCUT2D eigenvalue weighted by molar-refractivity contribution is 5.78. The van der Waals surface area contributed by atoms with Crippen LogP contribution in [0.25, 0.3) is 0 Å². The maximum absolute atomic E-state index is 11.4. The van der Waals surface area contributed by atoms with Crippen LogP contribution in [-0.2, 0) is 11.2 Å². The number of hydrogen-bond donors (Lipinski definition) is 0. The van der Waals surface area contributed by atoms with Crippen LogP contribution in [0.1, 0.15) is 26.3 Å². The quantitative estimate of drug-likeness (QED) is 0.713. The van der Waals surface area contributed by atoms with Crippen LogP contribution in [0.4, 0.5) is 0 Å². The van der Waals surface area contributed by atoms with Crippen molar-refractivity contribution < 1.29 is 4.79 Å². The number of benzene rings is 1. The van der Waals surface area contributed by atoms with E-state index in [-0.39, 0.29) is 5.92 Å². The average molecular weight is 190 g/mol. The molecule has 0 bridgehead atoms. The Morgan fingerprint density at radius 2 is 1.79 bits per heavy atom. The van der Waals surface area contributed by atoms with E-state index in [1.807, 2.05) is 18.2 Å². The summed E-state index contributed by atoms with van der Waals surface area (Å²) in [5.41, 5.74) is 1.25. The summed E-state index contributed by atoms with van der Waals surface area (Å²) in [5.74, 6) is 0.883. The lowest BCUT2D eigenvalue weighted by Gasteiger charge is -2.17. The summed E-state index contributed by atoms with van der Waals surface area (Å²) in [7, 11) is 0. The molecule has 0 aliphatic carbocycles. The Balaban J connectivity index is 2.70. The third kappa shape index (κ3) is 2.99. The van der Waals surface area contributed by atoms with Gasteiger partial charge < -0.3 is 0 Å². The number of rotatable bonds is 4. The fourth-order valence-corrected chi connectivity index (χ4v) is 1.72. The Bertz CT molecular complexity index is 287. The van der Waals surface area contributed by atoms with Gasteiger partial charge in [-0.25, -0.2) is 0 Å². The predicted molar refractivity (Wildman–Crippen MR) is 59.2 cm³/mol. The minimum atomic E-state index is 0.164. The number of carbonyl (C=O) groups is 1. The summed E-state index contributed by atoms with van der Waals surface area (Å²) in [6.07, 6.45) is 0.869. The van der Waals surface area contributed by atoms with Crippen molar-refractivity contribution in [2.24, 2.45) is 11.8 Å². The van der Waals surface area contributed by atoms with Crippen LogP contribution >= 0.6 is 0 Å². The molecule has 0 fully saturated rings. The van der Waals surface area contributed by atoms with E-state index in [1.165, 1.54) is 5.56 Å². The van der Waals surface area contributed by atoms with Gasteiger partial charge in [0.2, 0.25) is 0 Å². The van der Waals surface area contributed by atoms with Gasteiger partial charge in [0.25, 0.3) is 0 Å². The van der Waals surface area contributed by atoms with Gasteiger partial charge in [-0.15, -0.1) is 0 Å². The van der Waals surface area contributed by atoms with Gasteiger partial charge in [0.05, 0.1) is 0 Å². The van der Waals surface area contributed by atoms with Gasteiger partial charge in [0.1, 0.15) is 5.78 Å². The molecule has 76 valence electrons. The fourth-order valence-electron chi connectivity index (χ4n) is 1.72. The largest absolute Gasteiger partial charge is 0.300 e. The SMILES string of the molecule is CC(=O)[C@@H](Cc1ccccc1)C(C)C. The molecule has 0 aliphatic heterocycles. The molecule has 0 N–H and O–H groups in total. The van der Waals surface area contributed by atoms with E-state index >= 15 is 0 Å². The number of carbonyl (C=O) groups excluding carboxylic acids is 1. The van der Waals surface area contributed by atoms with Gasteiger partial charge in [-0.2, -0.15) is 0 Å². The first-order valence-electron chi connectivity index (χ1n) is 5.15. The third-order valence-corrected chi connectivity index (χ3v) is 2.63. The minimum Gasteiger partial charge on any atom is -0.300 e. The molecule has 0 aromatic heterocycles. The maximum Gasteiger partial charge on any atom is 0.133 e. The molecule has 0 unspecified atom stereocenters. The topological polar surface area (TPSA) is 17.1 Å². The summed E-state index contributed by atoms with van der Waals surface area (Å²) in [6, 6.07) is 10.2. The molecule has 0 amide bonds. The van der Waals surface area contributed by atoms with Gasteiger partial charge in [0, 0.05) is 5.92 Å². The summed E-state index contributed by atoms with van der Waals surface area (Å²) >= 11 is 0. The lowest BCUT2D eigenvalue weighted by molar-refractivity contribution is -0.121. The van der Waals surface area contributed by atoms with Crippen LogP contribution in [0.3, 0.4) is 0 Å². The Labute approximate surface area is 86.1 Å². The molecule has 0 heterocycles. The van der Waals surface area contributed by atoms with E-state index < -0.39 is 0 Å². The summed E-state index contributed by atoms with van der Waals surface area (Å²) in [6.45, 7) is 5.90. The molecule has 14 heavy (non-hydrogen) atoms. The van der Waals surface area contributed by atoms with Gasteiger partial charge in [-0.1, -0.05) is 44.2 Å². The zero-order chi connectivity index (χ0) is 10.6. The zero-order valence-corrected chi connectivity index (χ0v) is 9.16. The van der Waals surface area contributed by atoms with Crippen molar-refractivity contribution in [1.29, 1.82) is 0 Å². The zero-order valence-electron chi connectivity index (χ0n) is 9.16. The second-order valence-corrected chi connectivity index (χ2v) is 4.15. The molecule has 1 atom stereocenters. The molecule has 1 nitrogen and oxygen atoms in total. The van der Waals surface area contributed by atoms with Crippen LogP contribution in [0.2, 0.25) is 0 Å². The molecule has 1 aromatic rings. The highest BCUT2D eigenvalue weighted by Crippen LogP contribution is 2.17. The molecule has 1 aromatic carbocycles. The molecule has 1 heteroatoms. The molecule has 0 aliphatic rings. The first-order valence-corrected chi connectivity index (χ1v) is 5.15. The molecule has 0 saturated carbocycles. The maximum atomic E-state index is 11.4. The van der Waals surface area contributed by atoms with Crippen molar-refractivity contribution in [2.45, 2.75) is 27.2 Å². The Kier molecular flexibility index (Phi) is 3.87. The van der Waals surface area contributed by atoms with Crippen LogP contribution < -0.4 is 0 Å². The van der Waals surface area contributed by atoms with Crippen LogP contribution in [0, 0.1) is 11.8 Å². The van der Waals surface area contributed by atoms with Crippen LogP contribution in [-0.4, -0.2) is 5.78 Å². The summed E-state index contributed by atoms with van der Waals surface area (Å²) < 4.78 is 0. The first-order chi connectivity index (χ1) is 6.61. The normalized spacial score (nSPS) is 12.9.